The third kappa shape index (κ3) is 25.8. The third-order valence-electron chi connectivity index (χ3n) is 14.6. The van der Waals surface area contributed by atoms with Gasteiger partial charge in [-0.2, -0.15) is 0 Å². The quantitative estimate of drug-likeness (QED) is 0.0230. The van der Waals surface area contributed by atoms with Gasteiger partial charge in [-0.15, -0.1) is 70.6 Å². The highest BCUT2D eigenvalue weighted by Gasteiger charge is 2.36. The SMILES string of the molecule is CC(C)(O)[C@H](Cc1nc(C[C@@H](Sc2ccccc2)C(C)(C)O)nc(C[C@@H](Sc2ccccc2)C(C)(C)O)n1)Sc1ccccc1.CC(C)(O)[C@H](Cc1nc(C[C@@H](Sc2ccccc2)C(C)(C)O)nc(C[C@@H](Sc2ccccc2)C(C)(C)O)n1)Sc1ccccc1.O. The van der Waals surface area contributed by atoms with Gasteiger partial charge in [-0.25, -0.2) is 29.9 Å². The predicted octanol–water partition coefficient (Wildman–Crippen LogP) is 13.8. The first-order valence-corrected chi connectivity index (χ1v) is 35.7. The van der Waals surface area contributed by atoms with Gasteiger partial charge in [-0.3, -0.25) is 0 Å². The maximum atomic E-state index is 11.2. The molecule has 0 saturated carbocycles. The Bertz CT molecular complexity index is 2790. The molecule has 2 aromatic heterocycles. The summed E-state index contributed by atoms with van der Waals surface area (Å²) in [5, 5.41) is 65.9. The van der Waals surface area contributed by atoms with Gasteiger partial charge < -0.3 is 36.1 Å². The van der Waals surface area contributed by atoms with Crippen molar-refractivity contribution in [2.75, 3.05) is 0 Å². The molecule has 0 spiro atoms. The van der Waals surface area contributed by atoms with E-state index >= 15 is 0 Å². The molecule has 0 bridgehead atoms. The molecule has 8 N–H and O–H groups in total. The summed E-state index contributed by atoms with van der Waals surface area (Å²) in [7, 11) is 0. The van der Waals surface area contributed by atoms with Crippen LogP contribution in [0.4, 0.5) is 0 Å². The number of rotatable bonds is 30. The molecule has 13 nitrogen and oxygen atoms in total. The van der Waals surface area contributed by atoms with Crippen molar-refractivity contribution in [2.45, 2.75) is 216 Å². The average molecular weight is 1350 g/mol. The fourth-order valence-corrected chi connectivity index (χ4v) is 16.2. The Hall–Kier alpha value is -4.84. The number of hydrogen-bond donors (Lipinski definition) is 6. The summed E-state index contributed by atoms with van der Waals surface area (Å²) < 4.78 is 0. The van der Waals surface area contributed by atoms with Crippen LogP contribution in [-0.4, -0.2) is 131 Å². The van der Waals surface area contributed by atoms with Crippen LogP contribution in [0.25, 0.3) is 0 Å². The minimum atomic E-state index is -1.01. The van der Waals surface area contributed by atoms with Crippen LogP contribution >= 0.6 is 70.6 Å². The van der Waals surface area contributed by atoms with Crippen LogP contribution in [0.2, 0.25) is 0 Å². The van der Waals surface area contributed by atoms with Crippen molar-refractivity contribution in [1.29, 1.82) is 0 Å². The molecule has 0 aliphatic rings. The normalized spacial score (nSPS) is 14.4. The molecular weight excluding hydrogens is 1250 g/mol. The Kier molecular flexibility index (Phi) is 28.1. The van der Waals surface area contributed by atoms with E-state index in [1.165, 1.54) is 0 Å². The van der Waals surface area contributed by atoms with Crippen molar-refractivity contribution in [3.05, 3.63) is 217 Å². The smallest absolute Gasteiger partial charge is 0.133 e. The second kappa shape index (κ2) is 34.0. The lowest BCUT2D eigenvalue weighted by atomic mass is 10.0. The summed E-state index contributed by atoms with van der Waals surface area (Å²) in [6.07, 6.45) is 2.52. The van der Waals surface area contributed by atoms with Crippen molar-refractivity contribution in [3.8, 4) is 0 Å². The van der Waals surface area contributed by atoms with E-state index < -0.39 is 33.6 Å². The van der Waals surface area contributed by atoms with Gasteiger partial charge in [0.25, 0.3) is 0 Å². The van der Waals surface area contributed by atoms with E-state index in [1.807, 2.05) is 265 Å². The summed E-state index contributed by atoms with van der Waals surface area (Å²) in [4.78, 5) is 36.0. The summed E-state index contributed by atoms with van der Waals surface area (Å²) in [5.74, 6) is 3.52. The maximum Gasteiger partial charge on any atom is 0.133 e. The van der Waals surface area contributed by atoms with Crippen LogP contribution in [0.15, 0.2) is 211 Å². The zero-order chi connectivity index (χ0) is 65.3. The molecule has 8 aromatic rings. The van der Waals surface area contributed by atoms with Gasteiger partial charge >= 0.3 is 0 Å². The number of benzene rings is 6. The van der Waals surface area contributed by atoms with Crippen molar-refractivity contribution in [1.82, 2.24) is 29.9 Å². The zero-order valence-corrected chi connectivity index (χ0v) is 59.2. The van der Waals surface area contributed by atoms with Gasteiger partial charge in [0.2, 0.25) is 0 Å². The Labute approximate surface area is 565 Å². The van der Waals surface area contributed by atoms with E-state index in [-0.39, 0.29) is 37.0 Å². The highest BCUT2D eigenvalue weighted by atomic mass is 32.2. The first kappa shape index (κ1) is 75.2. The molecule has 2 heterocycles. The molecule has 0 unspecified atom stereocenters. The van der Waals surface area contributed by atoms with E-state index in [4.69, 9.17) is 29.9 Å². The average Bonchev–Trinajstić information content (AvgIpc) is 1.82. The lowest BCUT2D eigenvalue weighted by Crippen LogP contribution is -2.38. The molecule has 0 amide bonds. The first-order chi connectivity index (χ1) is 42.3. The third-order valence-corrected chi connectivity index (χ3v) is 24.0. The van der Waals surface area contributed by atoms with Crippen LogP contribution in [0.1, 0.15) is 118 Å². The number of hydrogen-bond acceptors (Lipinski definition) is 18. The molecule has 0 aliphatic carbocycles. The second-order valence-corrected chi connectivity index (χ2v) is 33.5. The molecule has 0 aliphatic heterocycles. The topological polar surface area (TPSA) is 230 Å². The standard InChI is InChI=1S/2C36H45N3O3S3.H2O/c2*1-34(2,40)28(43-25-16-10-7-11-17-25)22-31-37-32(23-29(35(3,4)41)44-26-18-12-8-13-19-26)39-33(38-31)24-30(36(5,6)42)45-27-20-14-9-15-21-27;/h2*7-21,28-30,40-42H,22-24H2,1-6H3;1H2/t2*28-,29-,30+;/m11./s1. The lowest BCUT2D eigenvalue weighted by molar-refractivity contribution is 0.0749. The molecular formula is C72H92N6O7S6. The van der Waals surface area contributed by atoms with Crippen molar-refractivity contribution in [2.24, 2.45) is 0 Å². The van der Waals surface area contributed by atoms with Crippen molar-refractivity contribution in [3.63, 3.8) is 0 Å². The molecule has 0 saturated heterocycles. The maximum absolute atomic E-state index is 11.2. The monoisotopic (exact) mass is 1340 g/mol. The molecule has 8 rings (SSSR count). The van der Waals surface area contributed by atoms with E-state index in [0.29, 0.717) is 73.5 Å². The van der Waals surface area contributed by atoms with Gasteiger partial charge in [0.1, 0.15) is 34.9 Å². The fraction of sp³-hybridized carbons (Fsp3) is 0.417. The minimum Gasteiger partial charge on any atom is -0.412 e. The van der Waals surface area contributed by atoms with Gasteiger partial charge in [-0.05, 0) is 156 Å². The van der Waals surface area contributed by atoms with Crippen LogP contribution in [0, 0.1) is 0 Å². The largest absolute Gasteiger partial charge is 0.412 e. The highest BCUT2D eigenvalue weighted by Crippen LogP contribution is 2.39. The van der Waals surface area contributed by atoms with Crippen LogP contribution in [0.3, 0.4) is 0 Å². The fourth-order valence-electron chi connectivity index (χ4n) is 9.18. The van der Waals surface area contributed by atoms with Gasteiger partial charge in [0, 0.05) is 99.4 Å². The van der Waals surface area contributed by atoms with E-state index in [1.54, 1.807) is 70.6 Å². The molecule has 6 aromatic carbocycles. The number of thioether (sulfide) groups is 6. The van der Waals surface area contributed by atoms with Gasteiger partial charge in [0.15, 0.2) is 0 Å². The Morgan fingerprint density at radius 3 is 0.440 bits per heavy atom. The Morgan fingerprint density at radius 2 is 0.341 bits per heavy atom. The molecule has 6 atom stereocenters. The second-order valence-electron chi connectivity index (χ2n) is 25.8. The van der Waals surface area contributed by atoms with Crippen molar-refractivity contribution >= 4 is 70.6 Å². The summed E-state index contributed by atoms with van der Waals surface area (Å²) >= 11 is 9.62. The van der Waals surface area contributed by atoms with Crippen LogP contribution in [0.5, 0.6) is 0 Å². The number of aliphatic hydroxyl groups is 6. The predicted molar refractivity (Wildman–Crippen MR) is 380 cm³/mol. The van der Waals surface area contributed by atoms with Crippen LogP contribution < -0.4 is 0 Å². The van der Waals surface area contributed by atoms with Crippen molar-refractivity contribution < 1.29 is 36.1 Å². The molecule has 91 heavy (non-hydrogen) atoms. The first-order valence-electron chi connectivity index (χ1n) is 30.4. The molecule has 0 fully saturated rings. The summed E-state index contributed by atoms with van der Waals surface area (Å²) in [6, 6.07) is 60.2. The van der Waals surface area contributed by atoms with Gasteiger partial charge in [-0.1, -0.05) is 109 Å². The van der Waals surface area contributed by atoms with Gasteiger partial charge in [0.05, 0.1) is 33.6 Å². The molecule has 19 heteroatoms. The Balaban J connectivity index is 0.000000286. The van der Waals surface area contributed by atoms with Crippen LogP contribution in [-0.2, 0) is 38.5 Å². The molecule has 0 radical (unpaired) electrons. The zero-order valence-electron chi connectivity index (χ0n) is 54.3. The van der Waals surface area contributed by atoms with E-state index in [0.717, 1.165) is 29.4 Å². The molecule has 488 valence electrons. The summed E-state index contributed by atoms with van der Waals surface area (Å²) in [6.45, 7) is 21.8. The van der Waals surface area contributed by atoms with E-state index in [9.17, 15) is 30.6 Å². The lowest BCUT2D eigenvalue weighted by Gasteiger charge is -2.30. The number of nitrogens with zero attached hydrogens (tertiary/aromatic N) is 6. The highest BCUT2D eigenvalue weighted by molar-refractivity contribution is 8.01. The Morgan fingerprint density at radius 1 is 0.231 bits per heavy atom. The minimum absolute atomic E-state index is 0. The number of aromatic nitrogens is 6. The van der Waals surface area contributed by atoms with E-state index in [2.05, 4.69) is 0 Å². The summed E-state index contributed by atoms with van der Waals surface area (Å²) in [5.41, 5.74) is -6.05.